The minimum absolute atomic E-state index is 0.0504. The number of fused-ring (bicyclic) bond motifs is 3. The number of allylic oxidation sites excluding steroid dienone is 2. The highest BCUT2D eigenvalue weighted by Crippen LogP contribution is 2.51. The van der Waals surface area contributed by atoms with Gasteiger partial charge in [0, 0.05) is 51.4 Å². The number of carbonyl (C=O) groups is 2. The largest absolute Gasteiger partial charge is 0.422 e. The van der Waals surface area contributed by atoms with Gasteiger partial charge in [0.15, 0.2) is 5.78 Å². The summed E-state index contributed by atoms with van der Waals surface area (Å²) in [7, 11) is 0. The van der Waals surface area contributed by atoms with E-state index in [0.29, 0.717) is 51.9 Å². The molecule has 0 saturated carbocycles. The van der Waals surface area contributed by atoms with Crippen LogP contribution in [0.25, 0.3) is 11.0 Å². The number of halogens is 1. The minimum atomic E-state index is -0.633. The molecule has 8 heteroatoms. The summed E-state index contributed by atoms with van der Waals surface area (Å²) >= 11 is 3.48. The molecule has 190 valence electrons. The fraction of sp³-hybridized carbons (Fsp3) is 0.200. The first kappa shape index (κ1) is 24.3. The number of pyridine rings is 1. The molecule has 1 aliphatic carbocycles. The molecule has 3 heterocycles. The van der Waals surface area contributed by atoms with Gasteiger partial charge in [0.1, 0.15) is 5.58 Å². The highest BCUT2D eigenvalue weighted by atomic mass is 79.9. The van der Waals surface area contributed by atoms with Crippen molar-refractivity contribution < 1.29 is 14.0 Å². The maximum Gasteiger partial charge on any atom is 0.342 e. The van der Waals surface area contributed by atoms with Gasteiger partial charge < -0.3 is 4.42 Å². The number of aromatic nitrogens is 1. The van der Waals surface area contributed by atoms with Gasteiger partial charge in [-0.1, -0.05) is 54.0 Å². The number of amides is 1. The van der Waals surface area contributed by atoms with E-state index in [1.165, 1.54) is 0 Å². The first-order valence-electron chi connectivity index (χ1n) is 12.3. The van der Waals surface area contributed by atoms with Gasteiger partial charge in [0.2, 0.25) is 0 Å². The van der Waals surface area contributed by atoms with Crippen LogP contribution < -0.4 is 16.1 Å². The van der Waals surface area contributed by atoms with Crippen molar-refractivity contribution in [3.63, 3.8) is 0 Å². The van der Waals surface area contributed by atoms with Gasteiger partial charge in [0.05, 0.1) is 11.3 Å². The van der Waals surface area contributed by atoms with Crippen molar-refractivity contribution in [2.45, 2.75) is 32.6 Å². The van der Waals surface area contributed by atoms with Crippen molar-refractivity contribution >= 4 is 44.3 Å². The van der Waals surface area contributed by atoms with Crippen molar-refractivity contribution in [3.8, 4) is 0 Å². The topological polar surface area (TPSA) is 92.5 Å². The van der Waals surface area contributed by atoms with Crippen LogP contribution in [0, 0.1) is 5.41 Å². The summed E-state index contributed by atoms with van der Waals surface area (Å²) < 4.78 is 6.67. The molecular weight excluding hydrogens is 546 g/mol. The van der Waals surface area contributed by atoms with E-state index in [1.54, 1.807) is 41.7 Å². The molecule has 0 spiro atoms. The normalized spacial score (nSPS) is 18.2. The molecule has 6 rings (SSSR count). The third-order valence-electron chi connectivity index (χ3n) is 7.15. The molecule has 0 bridgehead atoms. The second-order valence-electron chi connectivity index (χ2n) is 10.4. The number of carbonyl (C=O) groups excluding carboxylic acids is 2. The van der Waals surface area contributed by atoms with Gasteiger partial charge in [-0.2, -0.15) is 0 Å². The van der Waals surface area contributed by atoms with E-state index in [-0.39, 0.29) is 17.1 Å². The first-order valence-corrected chi connectivity index (χ1v) is 13.1. The number of anilines is 1. The van der Waals surface area contributed by atoms with Crippen molar-refractivity contribution in [3.05, 3.63) is 116 Å². The molecule has 1 amide bonds. The lowest BCUT2D eigenvalue weighted by Crippen LogP contribution is -2.49. The summed E-state index contributed by atoms with van der Waals surface area (Å²) in [5.41, 5.74) is 5.80. The fourth-order valence-electron chi connectivity index (χ4n) is 5.53. The summed E-state index contributed by atoms with van der Waals surface area (Å²) in [5.74, 6) is -1.06. The fourth-order valence-corrected chi connectivity index (χ4v) is 5.80. The van der Waals surface area contributed by atoms with Crippen LogP contribution in [0.5, 0.6) is 0 Å². The van der Waals surface area contributed by atoms with Crippen LogP contribution in [0.1, 0.15) is 54.1 Å². The summed E-state index contributed by atoms with van der Waals surface area (Å²) in [6.45, 7) is 4.08. The van der Waals surface area contributed by atoms with Crippen LogP contribution in [0.3, 0.4) is 0 Å². The van der Waals surface area contributed by atoms with Gasteiger partial charge in [0.25, 0.3) is 5.91 Å². The van der Waals surface area contributed by atoms with Gasteiger partial charge in [-0.25, -0.2) is 4.79 Å². The van der Waals surface area contributed by atoms with Crippen LogP contribution in [0.15, 0.2) is 98.0 Å². The molecule has 2 aromatic carbocycles. The zero-order valence-corrected chi connectivity index (χ0v) is 22.4. The summed E-state index contributed by atoms with van der Waals surface area (Å²) in [6, 6.07) is 18.1. The molecule has 7 nitrogen and oxygen atoms in total. The third kappa shape index (κ3) is 4.05. The Labute approximate surface area is 227 Å². The summed E-state index contributed by atoms with van der Waals surface area (Å²) in [4.78, 5) is 45.0. The number of nitrogens with one attached hydrogen (secondary N) is 1. The smallest absolute Gasteiger partial charge is 0.342 e. The second-order valence-corrected chi connectivity index (χ2v) is 11.4. The Morgan fingerprint density at radius 1 is 1.03 bits per heavy atom. The van der Waals surface area contributed by atoms with E-state index in [0.717, 1.165) is 10.0 Å². The molecule has 0 radical (unpaired) electrons. The van der Waals surface area contributed by atoms with Gasteiger partial charge in [-0.3, -0.25) is 25.0 Å². The average molecular weight is 570 g/mol. The lowest BCUT2D eigenvalue weighted by molar-refractivity contribution is -0.118. The van der Waals surface area contributed by atoms with E-state index >= 15 is 0 Å². The van der Waals surface area contributed by atoms with Crippen LogP contribution in [0.2, 0.25) is 0 Å². The zero-order chi connectivity index (χ0) is 26.6. The SMILES string of the molecule is CC1(C)CC(=O)C2=C(C1)N(NC(=O)c1ccncc1)c1c(c(=O)oc3ccccc13)C2c1ccc(Br)cc1. The number of nitrogens with zero attached hydrogens (tertiary/aromatic N) is 2. The number of rotatable bonds is 3. The lowest BCUT2D eigenvalue weighted by atomic mass is 9.68. The molecule has 1 N–H and O–H groups in total. The van der Waals surface area contributed by atoms with Crippen molar-refractivity contribution in [1.82, 2.24) is 10.4 Å². The molecule has 2 aromatic heterocycles. The highest BCUT2D eigenvalue weighted by molar-refractivity contribution is 9.10. The standard InChI is InChI=1S/C30H24BrN3O4/c1-30(2)15-21-25(22(35)16-30)24(17-7-9-19(31)10-8-17)26-27(20-5-3-4-6-23(20)38-29(26)37)34(21)33-28(36)18-11-13-32-14-12-18/h3-14,24H,15-16H2,1-2H3,(H,33,36). The molecule has 38 heavy (non-hydrogen) atoms. The Kier molecular flexibility index (Phi) is 5.79. The molecule has 0 saturated heterocycles. The molecule has 1 unspecified atom stereocenters. The maximum atomic E-state index is 13.8. The monoisotopic (exact) mass is 569 g/mol. The van der Waals surface area contributed by atoms with Gasteiger partial charge in [-0.15, -0.1) is 0 Å². The molecule has 4 aromatic rings. The van der Waals surface area contributed by atoms with Crippen molar-refractivity contribution in [2.75, 3.05) is 5.01 Å². The van der Waals surface area contributed by atoms with Crippen LogP contribution >= 0.6 is 15.9 Å². The number of hydrogen-bond acceptors (Lipinski definition) is 6. The van der Waals surface area contributed by atoms with Crippen molar-refractivity contribution in [1.29, 1.82) is 0 Å². The average Bonchev–Trinajstić information content (AvgIpc) is 2.89. The quantitative estimate of drug-likeness (QED) is 0.309. The first-order chi connectivity index (χ1) is 18.2. The Morgan fingerprint density at radius 2 is 1.74 bits per heavy atom. The Morgan fingerprint density at radius 3 is 2.47 bits per heavy atom. The maximum absolute atomic E-state index is 13.8. The molecule has 1 atom stereocenters. The molecule has 1 aliphatic heterocycles. The minimum Gasteiger partial charge on any atom is -0.422 e. The van der Waals surface area contributed by atoms with E-state index in [1.807, 2.05) is 50.2 Å². The van der Waals surface area contributed by atoms with E-state index in [2.05, 4.69) is 26.3 Å². The third-order valence-corrected chi connectivity index (χ3v) is 7.68. The van der Waals surface area contributed by atoms with Crippen LogP contribution in [-0.2, 0) is 4.79 Å². The molecule has 2 aliphatic rings. The van der Waals surface area contributed by atoms with Gasteiger partial charge >= 0.3 is 5.63 Å². The van der Waals surface area contributed by atoms with Gasteiger partial charge in [-0.05, 0) is 53.8 Å². The molecular formula is C30H24BrN3O4. The van der Waals surface area contributed by atoms with E-state index in [4.69, 9.17) is 4.42 Å². The predicted molar refractivity (Wildman–Crippen MR) is 148 cm³/mol. The molecule has 0 fully saturated rings. The number of hydrazine groups is 1. The zero-order valence-electron chi connectivity index (χ0n) is 20.8. The van der Waals surface area contributed by atoms with E-state index in [9.17, 15) is 14.4 Å². The summed E-state index contributed by atoms with van der Waals surface area (Å²) in [6.07, 6.45) is 3.96. The number of hydrogen-bond donors (Lipinski definition) is 1. The highest BCUT2D eigenvalue weighted by Gasteiger charge is 2.46. The lowest BCUT2D eigenvalue weighted by Gasteiger charge is -2.44. The Balaban J connectivity index is 1.67. The Bertz CT molecular complexity index is 1690. The van der Waals surface area contributed by atoms with E-state index < -0.39 is 11.5 Å². The number of benzene rings is 2. The number of para-hydroxylation sites is 1. The number of ketones is 1. The summed E-state index contributed by atoms with van der Waals surface area (Å²) in [5, 5.41) is 2.32. The Hall–Kier alpha value is -4.04. The predicted octanol–water partition coefficient (Wildman–Crippen LogP) is 5.89. The number of Topliss-reactive ketones (excluding diaryl/α,β-unsaturated/α-hetero) is 1. The van der Waals surface area contributed by atoms with Crippen molar-refractivity contribution in [2.24, 2.45) is 5.41 Å². The second kappa shape index (κ2) is 9.06. The van der Waals surface area contributed by atoms with Crippen LogP contribution in [0.4, 0.5) is 5.69 Å². The van der Waals surface area contributed by atoms with Crippen LogP contribution in [-0.4, -0.2) is 16.7 Å².